The zero-order valence-electron chi connectivity index (χ0n) is 8.24. The maximum absolute atomic E-state index is 4.29. The van der Waals surface area contributed by atoms with Crippen LogP contribution in [0.3, 0.4) is 0 Å². The van der Waals surface area contributed by atoms with E-state index in [1.54, 1.807) is 22.7 Å². The third-order valence-electron chi connectivity index (χ3n) is 2.15. The third kappa shape index (κ3) is 2.87. The molecule has 0 aliphatic rings. The number of halogens is 1. The number of nitrogens with zero attached hydrogens (tertiary/aromatic N) is 1. The second-order valence-corrected chi connectivity index (χ2v) is 5.78. The molecule has 0 fully saturated rings. The first-order valence-electron chi connectivity index (χ1n) is 4.60. The summed E-state index contributed by atoms with van der Waals surface area (Å²) in [7, 11) is 0. The van der Waals surface area contributed by atoms with Gasteiger partial charge in [0.15, 0.2) is 0 Å². The summed E-state index contributed by atoms with van der Waals surface area (Å²) in [6.45, 7) is 3.02. The van der Waals surface area contributed by atoms with Crippen molar-refractivity contribution in [3.05, 3.63) is 37.4 Å². The summed E-state index contributed by atoms with van der Waals surface area (Å²) in [5.41, 5.74) is 2.99. The first-order chi connectivity index (χ1) is 7.27. The van der Waals surface area contributed by atoms with Crippen molar-refractivity contribution in [1.82, 2.24) is 10.3 Å². The number of nitrogens with one attached hydrogen (secondary N) is 1. The van der Waals surface area contributed by atoms with Crippen molar-refractivity contribution in [2.24, 2.45) is 0 Å². The van der Waals surface area contributed by atoms with E-state index in [1.165, 1.54) is 9.35 Å². The molecular weight excluding hydrogens is 292 g/mol. The Bertz CT molecular complexity index is 411. The van der Waals surface area contributed by atoms with Gasteiger partial charge in [0.1, 0.15) is 0 Å². The van der Waals surface area contributed by atoms with Gasteiger partial charge in [-0.15, -0.1) is 22.7 Å². The molecule has 5 heteroatoms. The van der Waals surface area contributed by atoms with Crippen molar-refractivity contribution < 1.29 is 0 Å². The lowest BCUT2D eigenvalue weighted by Crippen LogP contribution is -2.17. The topological polar surface area (TPSA) is 24.9 Å². The smallest absolute Gasteiger partial charge is 0.0795 e. The maximum atomic E-state index is 4.29. The fourth-order valence-electron chi connectivity index (χ4n) is 1.24. The van der Waals surface area contributed by atoms with Gasteiger partial charge in [-0.3, -0.25) is 0 Å². The molecule has 2 heterocycles. The van der Waals surface area contributed by atoms with E-state index in [9.17, 15) is 0 Å². The van der Waals surface area contributed by atoms with Gasteiger partial charge in [0.25, 0.3) is 0 Å². The van der Waals surface area contributed by atoms with Crippen LogP contribution in [0.5, 0.6) is 0 Å². The first kappa shape index (κ1) is 11.3. The van der Waals surface area contributed by atoms with Gasteiger partial charge >= 0.3 is 0 Å². The number of hydrogen-bond donors (Lipinski definition) is 1. The number of rotatable bonds is 4. The second-order valence-electron chi connectivity index (χ2n) is 3.21. The minimum atomic E-state index is 0.310. The lowest BCUT2D eigenvalue weighted by Gasteiger charge is -2.10. The molecule has 1 N–H and O–H groups in total. The van der Waals surface area contributed by atoms with Crippen LogP contribution in [0.4, 0.5) is 0 Å². The predicted octanol–water partition coefficient (Wildman–Crippen LogP) is 3.82. The Morgan fingerprint density at radius 3 is 3.07 bits per heavy atom. The highest BCUT2D eigenvalue weighted by Gasteiger charge is 2.08. The van der Waals surface area contributed by atoms with E-state index in [-0.39, 0.29) is 0 Å². The minimum Gasteiger partial charge on any atom is -0.304 e. The minimum absolute atomic E-state index is 0.310. The van der Waals surface area contributed by atoms with Crippen LogP contribution < -0.4 is 5.32 Å². The van der Waals surface area contributed by atoms with Crippen molar-refractivity contribution in [2.75, 3.05) is 0 Å². The van der Waals surface area contributed by atoms with E-state index in [2.05, 4.69) is 50.0 Å². The van der Waals surface area contributed by atoms with E-state index in [1.807, 2.05) is 5.51 Å². The summed E-state index contributed by atoms with van der Waals surface area (Å²) in [6, 6.07) is 2.39. The molecule has 15 heavy (non-hydrogen) atoms. The van der Waals surface area contributed by atoms with E-state index in [0.717, 1.165) is 12.2 Å². The fraction of sp³-hybridized carbons (Fsp3) is 0.300. The molecule has 2 aromatic rings. The molecule has 2 aromatic heterocycles. The summed E-state index contributed by atoms with van der Waals surface area (Å²) in [4.78, 5) is 5.62. The van der Waals surface area contributed by atoms with Crippen molar-refractivity contribution in [1.29, 1.82) is 0 Å². The average molecular weight is 303 g/mol. The Morgan fingerprint density at radius 1 is 1.60 bits per heavy atom. The summed E-state index contributed by atoms with van der Waals surface area (Å²) >= 11 is 6.92. The van der Waals surface area contributed by atoms with Gasteiger partial charge in [0.2, 0.25) is 0 Å². The largest absolute Gasteiger partial charge is 0.304 e. The number of thiophene rings is 1. The molecule has 0 aliphatic heterocycles. The zero-order valence-corrected chi connectivity index (χ0v) is 11.5. The van der Waals surface area contributed by atoms with Gasteiger partial charge in [-0.1, -0.05) is 0 Å². The molecule has 0 radical (unpaired) electrons. The molecule has 0 spiro atoms. The predicted molar refractivity (Wildman–Crippen MR) is 69.4 cm³/mol. The first-order valence-corrected chi connectivity index (χ1v) is 7.22. The molecule has 1 unspecified atom stereocenters. The lowest BCUT2D eigenvalue weighted by molar-refractivity contribution is 0.567. The summed E-state index contributed by atoms with van der Waals surface area (Å²) in [5.74, 6) is 0. The highest BCUT2D eigenvalue weighted by atomic mass is 79.9. The quantitative estimate of drug-likeness (QED) is 0.929. The van der Waals surface area contributed by atoms with E-state index in [4.69, 9.17) is 0 Å². The Kier molecular flexibility index (Phi) is 3.91. The molecule has 2 rings (SSSR count). The molecule has 0 saturated carbocycles. The molecule has 1 atom stereocenters. The molecule has 0 bridgehead atoms. The monoisotopic (exact) mass is 302 g/mol. The molecule has 0 saturated heterocycles. The van der Waals surface area contributed by atoms with Crippen LogP contribution in [0, 0.1) is 0 Å². The molecule has 80 valence electrons. The molecule has 0 amide bonds. The highest BCUT2D eigenvalue weighted by Crippen LogP contribution is 2.23. The Hall–Kier alpha value is -0.230. The van der Waals surface area contributed by atoms with Crippen LogP contribution >= 0.6 is 38.6 Å². The van der Waals surface area contributed by atoms with Crippen molar-refractivity contribution in [2.45, 2.75) is 19.5 Å². The van der Waals surface area contributed by atoms with Crippen LogP contribution in [0.2, 0.25) is 0 Å². The van der Waals surface area contributed by atoms with E-state index < -0.39 is 0 Å². The normalized spacial score (nSPS) is 12.9. The average Bonchev–Trinajstić information content (AvgIpc) is 2.85. The summed E-state index contributed by atoms with van der Waals surface area (Å²) < 4.78 is 1.19. The van der Waals surface area contributed by atoms with Crippen LogP contribution in [0.1, 0.15) is 23.5 Å². The van der Waals surface area contributed by atoms with Gasteiger partial charge < -0.3 is 5.32 Å². The maximum Gasteiger partial charge on any atom is 0.0795 e. The number of thiazole rings is 1. The Balaban J connectivity index is 1.91. The number of aromatic nitrogens is 1. The van der Waals surface area contributed by atoms with Crippen molar-refractivity contribution >= 4 is 38.6 Å². The number of hydrogen-bond acceptors (Lipinski definition) is 4. The van der Waals surface area contributed by atoms with Crippen molar-refractivity contribution in [3.8, 4) is 0 Å². The molecule has 0 aromatic carbocycles. The van der Waals surface area contributed by atoms with Crippen LogP contribution in [-0.4, -0.2) is 4.98 Å². The second kappa shape index (κ2) is 5.21. The zero-order chi connectivity index (χ0) is 10.7. The summed E-state index contributed by atoms with van der Waals surface area (Å²) in [5, 5.41) is 7.63. The van der Waals surface area contributed by atoms with E-state index >= 15 is 0 Å². The standard InChI is InChI=1S/C10H11BrN2S2/c1-7(9-5-14-6-13-9)12-4-10-8(11)2-3-15-10/h2-3,5-7,12H,4H2,1H3. The van der Waals surface area contributed by atoms with Crippen LogP contribution in [0.25, 0.3) is 0 Å². The molecule has 0 aliphatic carbocycles. The van der Waals surface area contributed by atoms with Gasteiger partial charge in [-0.05, 0) is 34.3 Å². The van der Waals surface area contributed by atoms with Crippen LogP contribution in [-0.2, 0) is 6.54 Å². The molecular formula is C10H11BrN2S2. The van der Waals surface area contributed by atoms with Gasteiger partial charge in [0.05, 0.1) is 11.2 Å². The SMILES string of the molecule is CC(NCc1sccc1Br)c1cscn1. The Labute approximate surface area is 106 Å². The Morgan fingerprint density at radius 2 is 2.47 bits per heavy atom. The lowest BCUT2D eigenvalue weighted by atomic mass is 10.2. The van der Waals surface area contributed by atoms with Gasteiger partial charge in [-0.25, -0.2) is 4.98 Å². The van der Waals surface area contributed by atoms with Gasteiger partial charge in [-0.2, -0.15) is 0 Å². The van der Waals surface area contributed by atoms with Crippen LogP contribution in [0.15, 0.2) is 26.8 Å². The van der Waals surface area contributed by atoms with E-state index in [0.29, 0.717) is 6.04 Å². The summed E-state index contributed by atoms with van der Waals surface area (Å²) in [6.07, 6.45) is 0. The van der Waals surface area contributed by atoms with Crippen molar-refractivity contribution in [3.63, 3.8) is 0 Å². The fourth-order valence-corrected chi connectivity index (χ4v) is 3.33. The van der Waals surface area contributed by atoms with Gasteiger partial charge in [0, 0.05) is 27.3 Å². The molecule has 2 nitrogen and oxygen atoms in total. The third-order valence-corrected chi connectivity index (χ3v) is 4.69. The highest BCUT2D eigenvalue weighted by molar-refractivity contribution is 9.10.